The Hall–Kier alpha value is -2.53. The number of ether oxygens (including phenoxy) is 1. The van der Waals surface area contributed by atoms with Crippen molar-refractivity contribution in [2.45, 2.75) is 19.6 Å². The molecule has 0 aliphatic carbocycles. The van der Waals surface area contributed by atoms with Gasteiger partial charge in [-0.05, 0) is 36.8 Å². The summed E-state index contributed by atoms with van der Waals surface area (Å²) in [6.45, 7) is 2.01. The minimum atomic E-state index is -0.506. The van der Waals surface area contributed by atoms with Gasteiger partial charge in [0.1, 0.15) is 5.75 Å². The van der Waals surface area contributed by atoms with E-state index in [4.69, 9.17) is 16.3 Å². The predicted molar refractivity (Wildman–Crippen MR) is 87.8 cm³/mol. The van der Waals surface area contributed by atoms with Crippen molar-refractivity contribution >= 4 is 29.1 Å². The summed E-state index contributed by atoms with van der Waals surface area (Å²) in [4.78, 5) is 23.8. The Kier molecular flexibility index (Phi) is 4.21. The Morgan fingerprint density at radius 2 is 2.09 bits per heavy atom. The smallest absolute Gasteiger partial charge is 0.265 e. The molecule has 1 aliphatic rings. The maximum absolute atomic E-state index is 12.1. The van der Waals surface area contributed by atoms with E-state index in [0.29, 0.717) is 28.6 Å². The highest BCUT2D eigenvalue weighted by Crippen LogP contribution is 2.30. The Balaban J connectivity index is 1.70. The van der Waals surface area contributed by atoms with Crippen LogP contribution in [0.25, 0.3) is 0 Å². The van der Waals surface area contributed by atoms with Crippen LogP contribution >= 0.6 is 11.6 Å². The lowest BCUT2D eigenvalue weighted by Gasteiger charge is -2.23. The summed E-state index contributed by atoms with van der Waals surface area (Å²) in [5.41, 5.74) is 1.89. The van der Waals surface area contributed by atoms with Crippen LogP contribution in [-0.2, 0) is 11.3 Å². The minimum Gasteiger partial charge on any atom is -0.479 e. The van der Waals surface area contributed by atoms with Gasteiger partial charge >= 0.3 is 0 Å². The van der Waals surface area contributed by atoms with Gasteiger partial charge in [-0.15, -0.1) is 0 Å². The van der Waals surface area contributed by atoms with Crippen LogP contribution in [0.2, 0.25) is 5.02 Å². The van der Waals surface area contributed by atoms with E-state index in [9.17, 15) is 9.59 Å². The van der Waals surface area contributed by atoms with E-state index in [1.165, 1.54) is 0 Å². The molecule has 0 saturated carbocycles. The van der Waals surface area contributed by atoms with Crippen molar-refractivity contribution in [2.75, 3.05) is 5.32 Å². The van der Waals surface area contributed by atoms with E-state index >= 15 is 0 Å². The van der Waals surface area contributed by atoms with Crippen molar-refractivity contribution < 1.29 is 14.3 Å². The second-order valence-corrected chi connectivity index (χ2v) is 5.65. The topological polar surface area (TPSA) is 67.4 Å². The first kappa shape index (κ1) is 15.4. The monoisotopic (exact) mass is 330 g/mol. The van der Waals surface area contributed by atoms with Gasteiger partial charge in [-0.2, -0.15) is 0 Å². The Labute approximate surface area is 138 Å². The van der Waals surface area contributed by atoms with Crippen molar-refractivity contribution in [3.63, 3.8) is 0 Å². The van der Waals surface area contributed by atoms with E-state index in [-0.39, 0.29) is 11.8 Å². The minimum absolute atomic E-state index is 0.185. The second-order valence-electron chi connectivity index (χ2n) is 5.24. The molecule has 118 valence electrons. The van der Waals surface area contributed by atoms with E-state index in [1.807, 2.05) is 6.07 Å². The first-order valence-electron chi connectivity index (χ1n) is 7.18. The number of hydrogen-bond donors (Lipinski definition) is 2. The molecule has 3 rings (SSSR count). The molecule has 0 bridgehead atoms. The lowest BCUT2D eigenvalue weighted by atomic mass is 10.1. The predicted octanol–water partition coefficient (Wildman–Crippen LogP) is 2.99. The maximum Gasteiger partial charge on any atom is 0.265 e. The molecule has 1 unspecified atom stereocenters. The van der Waals surface area contributed by atoms with Crippen molar-refractivity contribution in [2.24, 2.45) is 0 Å². The molecule has 0 saturated heterocycles. The molecule has 1 aliphatic heterocycles. The van der Waals surface area contributed by atoms with Crippen LogP contribution in [0.3, 0.4) is 0 Å². The van der Waals surface area contributed by atoms with Crippen LogP contribution in [-0.4, -0.2) is 17.9 Å². The molecule has 2 N–H and O–H groups in total. The SMILES string of the molecule is CC1Oc2ccc(CNC(=O)c3ccccc3Cl)cc2NC1=O. The average molecular weight is 331 g/mol. The third-order valence-electron chi connectivity index (χ3n) is 3.55. The summed E-state index contributed by atoms with van der Waals surface area (Å²) >= 11 is 6.00. The van der Waals surface area contributed by atoms with Gasteiger partial charge in [0.2, 0.25) is 0 Å². The molecule has 0 radical (unpaired) electrons. The first-order valence-corrected chi connectivity index (χ1v) is 7.55. The normalized spacial score (nSPS) is 16.1. The van der Waals surface area contributed by atoms with Crippen LogP contribution in [0.15, 0.2) is 42.5 Å². The summed E-state index contributed by atoms with van der Waals surface area (Å²) in [5.74, 6) is 0.190. The number of amides is 2. The summed E-state index contributed by atoms with van der Waals surface area (Å²) in [7, 11) is 0. The van der Waals surface area contributed by atoms with Crippen molar-refractivity contribution in [1.29, 1.82) is 0 Å². The van der Waals surface area contributed by atoms with Gasteiger partial charge in [-0.25, -0.2) is 0 Å². The molecule has 6 heteroatoms. The quantitative estimate of drug-likeness (QED) is 0.909. The van der Waals surface area contributed by atoms with Gasteiger partial charge in [0.25, 0.3) is 11.8 Å². The standard InChI is InChI=1S/C17H15ClN2O3/c1-10-16(21)20-14-8-11(6-7-15(14)23-10)9-19-17(22)12-4-2-3-5-13(12)18/h2-8,10H,9H2,1H3,(H,19,22)(H,20,21). The van der Waals surface area contributed by atoms with E-state index in [2.05, 4.69) is 10.6 Å². The van der Waals surface area contributed by atoms with Gasteiger partial charge < -0.3 is 15.4 Å². The second kappa shape index (κ2) is 6.30. The Morgan fingerprint density at radius 1 is 1.30 bits per heavy atom. The number of fused-ring (bicyclic) bond motifs is 1. The fourth-order valence-electron chi connectivity index (χ4n) is 2.29. The van der Waals surface area contributed by atoms with Gasteiger partial charge in [0.15, 0.2) is 6.10 Å². The summed E-state index contributed by atoms with van der Waals surface area (Å²) in [6.07, 6.45) is -0.506. The number of hydrogen-bond acceptors (Lipinski definition) is 3. The number of nitrogens with one attached hydrogen (secondary N) is 2. The third kappa shape index (κ3) is 3.29. The highest BCUT2D eigenvalue weighted by molar-refractivity contribution is 6.33. The molecule has 23 heavy (non-hydrogen) atoms. The van der Waals surface area contributed by atoms with Crippen LogP contribution < -0.4 is 15.4 Å². The van der Waals surface area contributed by atoms with Gasteiger partial charge in [-0.1, -0.05) is 29.8 Å². The lowest BCUT2D eigenvalue weighted by molar-refractivity contribution is -0.122. The third-order valence-corrected chi connectivity index (χ3v) is 3.88. The Bertz CT molecular complexity index is 776. The summed E-state index contributed by atoms with van der Waals surface area (Å²) in [5, 5.41) is 5.99. The van der Waals surface area contributed by atoms with Crippen LogP contribution in [0.1, 0.15) is 22.8 Å². The molecular formula is C17H15ClN2O3. The number of carbonyl (C=O) groups excluding carboxylic acids is 2. The zero-order valence-corrected chi connectivity index (χ0v) is 13.2. The fourth-order valence-corrected chi connectivity index (χ4v) is 2.51. The average Bonchev–Trinajstić information content (AvgIpc) is 2.54. The number of carbonyl (C=O) groups is 2. The highest BCUT2D eigenvalue weighted by Gasteiger charge is 2.23. The summed E-state index contributed by atoms with van der Waals surface area (Å²) < 4.78 is 5.49. The molecule has 2 aromatic rings. The molecule has 1 atom stereocenters. The molecule has 1 heterocycles. The zero-order valence-electron chi connectivity index (χ0n) is 12.4. The molecule has 2 aromatic carbocycles. The molecule has 0 aromatic heterocycles. The molecular weight excluding hydrogens is 316 g/mol. The highest BCUT2D eigenvalue weighted by atomic mass is 35.5. The van der Waals surface area contributed by atoms with Gasteiger partial charge in [0, 0.05) is 6.54 Å². The molecule has 0 spiro atoms. The zero-order chi connectivity index (χ0) is 16.4. The maximum atomic E-state index is 12.1. The largest absolute Gasteiger partial charge is 0.479 e. The van der Waals surface area contributed by atoms with E-state index < -0.39 is 6.10 Å². The van der Waals surface area contributed by atoms with E-state index in [1.54, 1.807) is 43.3 Å². The number of anilines is 1. The first-order chi connectivity index (χ1) is 11.0. The summed E-state index contributed by atoms with van der Waals surface area (Å²) in [6, 6.07) is 12.3. The number of benzene rings is 2. The van der Waals surface area contributed by atoms with Crippen LogP contribution in [0.5, 0.6) is 5.75 Å². The van der Waals surface area contributed by atoms with Gasteiger partial charge in [-0.3, -0.25) is 9.59 Å². The van der Waals surface area contributed by atoms with Crippen molar-refractivity contribution in [1.82, 2.24) is 5.32 Å². The molecule has 2 amide bonds. The van der Waals surface area contributed by atoms with Crippen LogP contribution in [0.4, 0.5) is 5.69 Å². The van der Waals surface area contributed by atoms with Crippen LogP contribution in [0, 0.1) is 0 Å². The fraction of sp³-hybridized carbons (Fsp3) is 0.176. The van der Waals surface area contributed by atoms with Gasteiger partial charge in [0.05, 0.1) is 16.3 Å². The lowest BCUT2D eigenvalue weighted by Crippen LogP contribution is -2.34. The van der Waals surface area contributed by atoms with Crippen molar-refractivity contribution in [3.05, 3.63) is 58.6 Å². The number of rotatable bonds is 3. The molecule has 5 nitrogen and oxygen atoms in total. The van der Waals surface area contributed by atoms with Crippen molar-refractivity contribution in [3.8, 4) is 5.75 Å². The van der Waals surface area contributed by atoms with E-state index in [0.717, 1.165) is 5.56 Å². The number of halogens is 1. The Morgan fingerprint density at radius 3 is 2.87 bits per heavy atom. The molecule has 0 fully saturated rings.